The molecule has 0 radical (unpaired) electrons. The molecule has 0 atom stereocenters. The number of likely N-dealkylation sites (tertiary alicyclic amines) is 2. The number of benzene rings is 1. The first-order chi connectivity index (χ1) is 15.5. The van der Waals surface area contributed by atoms with Gasteiger partial charge in [0.05, 0.1) is 19.2 Å². The van der Waals surface area contributed by atoms with Gasteiger partial charge in [-0.15, -0.1) is 0 Å². The van der Waals surface area contributed by atoms with Gasteiger partial charge in [-0.05, 0) is 68.8 Å². The zero-order valence-electron chi connectivity index (χ0n) is 18.9. The monoisotopic (exact) mass is 439 g/mol. The molecule has 2 amide bonds. The minimum absolute atomic E-state index is 0.139. The van der Waals surface area contributed by atoms with Crippen LogP contribution in [0.1, 0.15) is 55.4 Å². The molecule has 3 heterocycles. The lowest BCUT2D eigenvalue weighted by molar-refractivity contribution is -0.132. The molecule has 1 aromatic carbocycles. The first-order valence-electron chi connectivity index (χ1n) is 11.9. The number of fused-ring (bicyclic) bond motifs is 1. The number of nitrogens with one attached hydrogen (secondary N) is 2. The van der Waals surface area contributed by atoms with E-state index in [1.165, 1.54) is 25.7 Å². The number of H-pyrrole nitrogens is 1. The van der Waals surface area contributed by atoms with Crippen LogP contribution in [0.5, 0.6) is 5.75 Å². The maximum absolute atomic E-state index is 12.8. The van der Waals surface area contributed by atoms with Crippen molar-refractivity contribution in [1.29, 1.82) is 0 Å². The molecule has 1 aliphatic carbocycles. The SMILES string of the molecule is COc1ccc2[nH]nc(C(=O)NC3CC4(CCN(C(=O)CN5CCCCCC5)C4)C3)c2c1. The zero-order valence-corrected chi connectivity index (χ0v) is 18.9. The molecule has 5 rings (SSSR count). The Morgan fingerprint density at radius 1 is 1.19 bits per heavy atom. The zero-order chi connectivity index (χ0) is 22.1. The molecule has 2 saturated heterocycles. The number of aromatic amines is 1. The summed E-state index contributed by atoms with van der Waals surface area (Å²) < 4.78 is 5.28. The van der Waals surface area contributed by atoms with Crippen molar-refractivity contribution in [2.75, 3.05) is 39.8 Å². The van der Waals surface area contributed by atoms with E-state index in [0.29, 0.717) is 18.0 Å². The Kier molecular flexibility index (Phi) is 5.80. The van der Waals surface area contributed by atoms with Crippen molar-refractivity contribution in [3.8, 4) is 5.75 Å². The number of ether oxygens (including phenoxy) is 1. The van der Waals surface area contributed by atoms with E-state index in [2.05, 4.69) is 25.3 Å². The van der Waals surface area contributed by atoms with Crippen LogP contribution in [-0.4, -0.2) is 77.7 Å². The molecule has 2 aromatic rings. The van der Waals surface area contributed by atoms with Gasteiger partial charge >= 0.3 is 0 Å². The van der Waals surface area contributed by atoms with E-state index in [0.717, 1.165) is 56.3 Å². The second kappa shape index (κ2) is 8.73. The third kappa shape index (κ3) is 4.20. The molecule has 172 valence electrons. The van der Waals surface area contributed by atoms with Crippen molar-refractivity contribution < 1.29 is 14.3 Å². The van der Waals surface area contributed by atoms with E-state index in [1.807, 2.05) is 18.2 Å². The standard InChI is InChI=1S/C24H33N5O3/c1-32-18-6-7-20-19(12-18)22(27-26-20)23(31)25-17-13-24(14-17)8-11-29(16-24)21(30)15-28-9-4-2-3-5-10-28/h6-7,12,17H,2-5,8-11,13-16H2,1H3,(H,25,31)(H,26,27). The maximum Gasteiger partial charge on any atom is 0.272 e. The number of hydrogen-bond acceptors (Lipinski definition) is 5. The van der Waals surface area contributed by atoms with Crippen LogP contribution in [0.15, 0.2) is 18.2 Å². The highest BCUT2D eigenvalue weighted by molar-refractivity contribution is 6.05. The van der Waals surface area contributed by atoms with Crippen molar-refractivity contribution >= 4 is 22.7 Å². The molecular weight excluding hydrogens is 406 g/mol. The molecule has 32 heavy (non-hydrogen) atoms. The van der Waals surface area contributed by atoms with Gasteiger partial charge in [0.2, 0.25) is 5.91 Å². The highest BCUT2D eigenvalue weighted by Crippen LogP contribution is 2.48. The Labute approximate surface area is 188 Å². The third-order valence-electron chi connectivity index (χ3n) is 7.53. The van der Waals surface area contributed by atoms with Crippen LogP contribution in [0.3, 0.4) is 0 Å². The molecule has 0 bridgehead atoms. The maximum atomic E-state index is 12.8. The van der Waals surface area contributed by atoms with Gasteiger partial charge in [-0.1, -0.05) is 12.8 Å². The van der Waals surface area contributed by atoms with E-state index in [-0.39, 0.29) is 23.3 Å². The topological polar surface area (TPSA) is 90.6 Å². The summed E-state index contributed by atoms with van der Waals surface area (Å²) in [7, 11) is 1.61. The molecule has 3 aliphatic rings. The summed E-state index contributed by atoms with van der Waals surface area (Å²) in [6.07, 6.45) is 7.87. The number of aromatic nitrogens is 2. The van der Waals surface area contributed by atoms with Crippen LogP contribution >= 0.6 is 0 Å². The van der Waals surface area contributed by atoms with Gasteiger partial charge in [0, 0.05) is 24.5 Å². The molecule has 2 N–H and O–H groups in total. The number of carbonyl (C=O) groups is 2. The Morgan fingerprint density at radius 2 is 1.97 bits per heavy atom. The number of nitrogens with zero attached hydrogens (tertiary/aromatic N) is 3. The Bertz CT molecular complexity index is 989. The number of amides is 2. The van der Waals surface area contributed by atoms with Gasteiger partial charge in [-0.2, -0.15) is 5.10 Å². The van der Waals surface area contributed by atoms with Crippen molar-refractivity contribution in [3.63, 3.8) is 0 Å². The lowest BCUT2D eigenvalue weighted by Gasteiger charge is -2.45. The van der Waals surface area contributed by atoms with Gasteiger partial charge in [0.1, 0.15) is 5.75 Å². The highest BCUT2D eigenvalue weighted by Gasteiger charge is 2.50. The predicted octanol–water partition coefficient (Wildman–Crippen LogP) is 2.56. The van der Waals surface area contributed by atoms with E-state index in [4.69, 9.17) is 4.74 Å². The number of hydrogen-bond donors (Lipinski definition) is 2. The van der Waals surface area contributed by atoms with E-state index < -0.39 is 0 Å². The number of rotatable bonds is 5. The summed E-state index contributed by atoms with van der Waals surface area (Å²) in [5, 5.41) is 11.0. The third-order valence-corrected chi connectivity index (χ3v) is 7.53. The van der Waals surface area contributed by atoms with Gasteiger partial charge < -0.3 is 15.0 Å². The minimum atomic E-state index is -0.156. The first kappa shape index (κ1) is 21.2. The van der Waals surface area contributed by atoms with Crippen molar-refractivity contribution in [3.05, 3.63) is 23.9 Å². The summed E-state index contributed by atoms with van der Waals surface area (Å²) >= 11 is 0. The Morgan fingerprint density at radius 3 is 2.72 bits per heavy atom. The fraction of sp³-hybridized carbons (Fsp3) is 0.625. The van der Waals surface area contributed by atoms with Gasteiger partial charge in [-0.25, -0.2) is 0 Å². The Hall–Kier alpha value is -2.61. The molecule has 1 spiro atoms. The smallest absolute Gasteiger partial charge is 0.272 e. The first-order valence-corrected chi connectivity index (χ1v) is 11.9. The van der Waals surface area contributed by atoms with E-state index in [9.17, 15) is 9.59 Å². The average molecular weight is 440 g/mol. The Balaban J connectivity index is 1.13. The second-order valence-corrected chi connectivity index (χ2v) is 9.82. The van der Waals surface area contributed by atoms with Crippen LogP contribution in [0.25, 0.3) is 10.9 Å². The van der Waals surface area contributed by atoms with E-state index in [1.54, 1.807) is 7.11 Å². The molecule has 2 aliphatic heterocycles. The molecule has 3 fully saturated rings. The van der Waals surface area contributed by atoms with E-state index >= 15 is 0 Å². The van der Waals surface area contributed by atoms with Crippen LogP contribution in [-0.2, 0) is 4.79 Å². The highest BCUT2D eigenvalue weighted by atomic mass is 16.5. The fourth-order valence-electron chi connectivity index (χ4n) is 5.70. The quantitative estimate of drug-likeness (QED) is 0.747. The molecular formula is C24H33N5O3. The summed E-state index contributed by atoms with van der Waals surface area (Å²) in [4.78, 5) is 30.1. The van der Waals surface area contributed by atoms with Crippen molar-refractivity contribution in [1.82, 2.24) is 25.3 Å². The second-order valence-electron chi connectivity index (χ2n) is 9.82. The largest absolute Gasteiger partial charge is 0.497 e. The molecule has 1 saturated carbocycles. The predicted molar refractivity (Wildman–Crippen MR) is 122 cm³/mol. The summed E-state index contributed by atoms with van der Waals surface area (Å²) in [5.41, 5.74) is 1.39. The van der Waals surface area contributed by atoms with Crippen LogP contribution in [0.4, 0.5) is 0 Å². The van der Waals surface area contributed by atoms with Crippen LogP contribution < -0.4 is 10.1 Å². The molecule has 8 heteroatoms. The molecule has 1 aromatic heterocycles. The lowest BCUT2D eigenvalue weighted by Crippen LogP contribution is -2.52. The average Bonchev–Trinajstić information content (AvgIpc) is 3.32. The van der Waals surface area contributed by atoms with Gasteiger partial charge in [0.25, 0.3) is 5.91 Å². The van der Waals surface area contributed by atoms with Gasteiger partial charge in [-0.3, -0.25) is 19.6 Å². The lowest BCUT2D eigenvalue weighted by atomic mass is 9.65. The van der Waals surface area contributed by atoms with Crippen molar-refractivity contribution in [2.45, 2.75) is 51.0 Å². The fourth-order valence-corrected chi connectivity index (χ4v) is 5.70. The summed E-state index contributed by atoms with van der Waals surface area (Å²) in [6, 6.07) is 5.69. The summed E-state index contributed by atoms with van der Waals surface area (Å²) in [6.45, 7) is 4.33. The summed E-state index contributed by atoms with van der Waals surface area (Å²) in [5.74, 6) is 0.816. The van der Waals surface area contributed by atoms with Gasteiger partial charge in [0.15, 0.2) is 5.69 Å². The van der Waals surface area contributed by atoms with Crippen molar-refractivity contribution in [2.24, 2.45) is 5.41 Å². The van der Waals surface area contributed by atoms with Crippen LogP contribution in [0, 0.1) is 5.41 Å². The van der Waals surface area contributed by atoms with Crippen LogP contribution in [0.2, 0.25) is 0 Å². The number of carbonyl (C=O) groups excluding carboxylic acids is 2. The number of methoxy groups -OCH3 is 1. The normalized spacial score (nSPS) is 26.2. The molecule has 0 unspecified atom stereocenters. The molecule has 8 nitrogen and oxygen atoms in total. The minimum Gasteiger partial charge on any atom is -0.497 e.